The highest BCUT2D eigenvalue weighted by atomic mass is 19.1. The van der Waals surface area contributed by atoms with Crippen molar-refractivity contribution in [2.45, 2.75) is 26.2 Å². The van der Waals surface area contributed by atoms with Crippen LogP contribution in [-0.2, 0) is 5.41 Å². The second-order valence-corrected chi connectivity index (χ2v) is 9.50. The summed E-state index contributed by atoms with van der Waals surface area (Å²) in [7, 11) is 0. The lowest BCUT2D eigenvalue weighted by molar-refractivity contribution is 0.100. The molecule has 39 heavy (non-hydrogen) atoms. The number of carbonyl (C=O) groups is 2. The highest BCUT2D eigenvalue weighted by Gasteiger charge is 2.29. The molecule has 0 aliphatic rings. The molecular weight excluding hydrogens is 516 g/mol. The normalized spacial score (nSPS) is 11.4. The average molecular weight is 539 g/mol. The fourth-order valence-electron chi connectivity index (χ4n) is 3.81. The lowest BCUT2D eigenvalue weighted by Gasteiger charge is -2.23. The summed E-state index contributed by atoms with van der Waals surface area (Å²) in [6.07, 6.45) is 1.42. The van der Waals surface area contributed by atoms with Gasteiger partial charge in [0, 0.05) is 28.8 Å². The summed E-state index contributed by atoms with van der Waals surface area (Å²) in [5.74, 6) is -5.43. The van der Waals surface area contributed by atoms with E-state index in [-0.39, 0.29) is 22.4 Å². The van der Waals surface area contributed by atoms with E-state index < -0.39 is 57.8 Å². The van der Waals surface area contributed by atoms with Gasteiger partial charge in [-0.25, -0.2) is 42.2 Å². The predicted octanol–water partition coefficient (Wildman–Crippen LogP) is 5.38. The molecule has 0 saturated heterocycles. The van der Waals surface area contributed by atoms with Gasteiger partial charge in [0.05, 0.1) is 17.0 Å². The van der Waals surface area contributed by atoms with Crippen LogP contribution < -0.4 is 16.4 Å². The molecule has 4 rings (SSSR count). The number of primary amides is 2. The Morgan fingerprint density at radius 1 is 0.846 bits per heavy atom. The number of nitrogens with two attached hydrogens (primary N) is 2. The predicted molar refractivity (Wildman–Crippen MR) is 136 cm³/mol. The lowest BCUT2D eigenvalue weighted by atomic mass is 9.95. The zero-order valence-electron chi connectivity index (χ0n) is 21.0. The molecule has 0 fully saturated rings. The van der Waals surface area contributed by atoms with Crippen molar-refractivity contribution in [1.29, 1.82) is 0 Å². The minimum absolute atomic E-state index is 0.115. The Labute approximate surface area is 220 Å². The van der Waals surface area contributed by atoms with Crippen molar-refractivity contribution in [3.63, 3.8) is 0 Å². The fraction of sp³-hybridized carbons (Fsp3) is 0.148. The van der Waals surface area contributed by atoms with Crippen LogP contribution in [0.1, 0.15) is 37.0 Å². The minimum Gasteiger partial charge on any atom is -0.366 e. The van der Waals surface area contributed by atoms with E-state index in [9.17, 15) is 18.4 Å². The molecular formula is C27H22F4N6O2. The van der Waals surface area contributed by atoms with Gasteiger partial charge in [-0.2, -0.15) is 0 Å². The number of hydrogen-bond donors (Lipinski definition) is 2. The summed E-state index contributed by atoms with van der Waals surface area (Å²) in [6.45, 7) is 5.57. The molecule has 2 heterocycles. The monoisotopic (exact) mass is 538 g/mol. The van der Waals surface area contributed by atoms with Crippen molar-refractivity contribution in [2.24, 2.45) is 11.5 Å². The first-order chi connectivity index (χ1) is 18.3. The second-order valence-electron chi connectivity index (χ2n) is 9.50. The van der Waals surface area contributed by atoms with Gasteiger partial charge in [0.25, 0.3) is 5.91 Å². The maximum absolute atomic E-state index is 15.9. The SMILES string of the molecule is CC(C)(C)c1nccc(-c2ccc(F)c(N(C(N)=O)c3ccc(C(N)=O)c(-c4ccc(F)cc4F)n3)c2F)n1. The molecule has 0 radical (unpaired) electrons. The maximum atomic E-state index is 15.9. The van der Waals surface area contributed by atoms with E-state index in [0.29, 0.717) is 16.8 Å². The van der Waals surface area contributed by atoms with Gasteiger partial charge in [-0.05, 0) is 42.5 Å². The van der Waals surface area contributed by atoms with Crippen molar-refractivity contribution in [2.75, 3.05) is 4.90 Å². The standard InChI is InChI=1S/C27H22F4N6O2/c1-27(2,3)25-34-11-10-19(35-25)15-6-8-17(29)23(21(15)31)37(26(33)39)20-9-7-16(24(32)38)22(36-20)14-5-4-13(28)12-18(14)30/h4-12H,1-3H3,(H2,32,38)(H2,33,39). The van der Waals surface area contributed by atoms with Crippen molar-refractivity contribution < 1.29 is 27.2 Å². The van der Waals surface area contributed by atoms with Gasteiger partial charge in [-0.1, -0.05) is 20.8 Å². The fourth-order valence-corrected chi connectivity index (χ4v) is 3.81. The van der Waals surface area contributed by atoms with E-state index in [1.54, 1.807) is 0 Å². The molecule has 4 N–H and O–H groups in total. The zero-order chi connectivity index (χ0) is 28.6. The van der Waals surface area contributed by atoms with Crippen LogP contribution in [0.15, 0.2) is 54.7 Å². The Balaban J connectivity index is 1.93. The number of hydrogen-bond acceptors (Lipinski definition) is 5. The van der Waals surface area contributed by atoms with Gasteiger partial charge in [-0.3, -0.25) is 4.79 Å². The van der Waals surface area contributed by atoms with Gasteiger partial charge < -0.3 is 11.5 Å². The zero-order valence-corrected chi connectivity index (χ0v) is 21.0. The Morgan fingerprint density at radius 3 is 2.15 bits per heavy atom. The third kappa shape index (κ3) is 5.26. The number of rotatable bonds is 5. The van der Waals surface area contributed by atoms with Crippen molar-refractivity contribution in [1.82, 2.24) is 15.0 Å². The Morgan fingerprint density at radius 2 is 1.54 bits per heavy atom. The van der Waals surface area contributed by atoms with Gasteiger partial charge >= 0.3 is 6.03 Å². The van der Waals surface area contributed by atoms with E-state index >= 15 is 8.78 Å². The Hall–Kier alpha value is -4.87. The summed E-state index contributed by atoms with van der Waals surface area (Å²) < 4.78 is 59.2. The van der Waals surface area contributed by atoms with Gasteiger partial charge in [0.15, 0.2) is 5.82 Å². The van der Waals surface area contributed by atoms with E-state index in [4.69, 9.17) is 11.5 Å². The van der Waals surface area contributed by atoms with Crippen LogP contribution in [0.5, 0.6) is 0 Å². The van der Waals surface area contributed by atoms with Crippen LogP contribution in [0, 0.1) is 23.3 Å². The molecule has 0 unspecified atom stereocenters. The number of anilines is 2. The van der Waals surface area contributed by atoms with Crippen LogP contribution >= 0.6 is 0 Å². The number of aromatic nitrogens is 3. The van der Waals surface area contributed by atoms with Crippen LogP contribution in [0.2, 0.25) is 0 Å². The number of pyridine rings is 1. The van der Waals surface area contributed by atoms with Crippen molar-refractivity contribution >= 4 is 23.4 Å². The van der Waals surface area contributed by atoms with E-state index in [1.807, 2.05) is 20.8 Å². The molecule has 12 heteroatoms. The van der Waals surface area contributed by atoms with Gasteiger partial charge in [0.1, 0.15) is 34.8 Å². The Kier molecular flexibility index (Phi) is 7.05. The van der Waals surface area contributed by atoms with E-state index in [2.05, 4.69) is 15.0 Å². The minimum atomic E-state index is -1.34. The quantitative estimate of drug-likeness (QED) is 0.330. The number of halogens is 4. The molecule has 3 amide bonds. The first-order valence-electron chi connectivity index (χ1n) is 11.5. The molecule has 2 aromatic heterocycles. The number of carbonyl (C=O) groups excluding carboxylic acids is 2. The number of nitrogens with zero attached hydrogens (tertiary/aromatic N) is 4. The first kappa shape index (κ1) is 27.2. The molecule has 0 atom stereocenters. The molecule has 4 aromatic rings. The molecule has 0 aliphatic carbocycles. The smallest absolute Gasteiger partial charge is 0.325 e. The number of amides is 3. The number of benzene rings is 2. The molecule has 0 spiro atoms. The van der Waals surface area contributed by atoms with Gasteiger partial charge in [0.2, 0.25) is 0 Å². The van der Waals surface area contributed by atoms with E-state index in [0.717, 1.165) is 36.4 Å². The van der Waals surface area contributed by atoms with Gasteiger partial charge in [-0.15, -0.1) is 0 Å². The first-order valence-corrected chi connectivity index (χ1v) is 11.5. The van der Waals surface area contributed by atoms with Crippen LogP contribution in [-0.4, -0.2) is 26.9 Å². The van der Waals surface area contributed by atoms with Crippen molar-refractivity contribution in [3.05, 3.63) is 89.4 Å². The largest absolute Gasteiger partial charge is 0.366 e. The summed E-state index contributed by atoms with van der Waals surface area (Å²) in [5.41, 5.74) is 8.46. The third-order valence-corrected chi connectivity index (χ3v) is 5.67. The highest BCUT2D eigenvalue weighted by Crippen LogP contribution is 2.37. The Bertz CT molecular complexity index is 1620. The maximum Gasteiger partial charge on any atom is 0.325 e. The van der Waals surface area contributed by atoms with Crippen LogP contribution in [0.3, 0.4) is 0 Å². The summed E-state index contributed by atoms with van der Waals surface area (Å²) in [4.78, 5) is 37.7. The lowest BCUT2D eigenvalue weighted by Crippen LogP contribution is -2.34. The topological polar surface area (TPSA) is 128 Å². The van der Waals surface area contributed by atoms with Crippen molar-refractivity contribution in [3.8, 4) is 22.5 Å². The van der Waals surface area contributed by atoms with E-state index in [1.165, 1.54) is 12.3 Å². The molecule has 0 aliphatic heterocycles. The molecule has 0 saturated carbocycles. The molecule has 200 valence electrons. The highest BCUT2D eigenvalue weighted by molar-refractivity contribution is 6.02. The van der Waals surface area contributed by atoms with Crippen LogP contribution in [0.4, 0.5) is 33.9 Å². The second kappa shape index (κ2) is 10.1. The van der Waals surface area contributed by atoms with Crippen LogP contribution in [0.25, 0.3) is 22.5 Å². The average Bonchev–Trinajstić information content (AvgIpc) is 2.85. The summed E-state index contributed by atoms with van der Waals surface area (Å²) in [6, 6.07) is 6.75. The summed E-state index contributed by atoms with van der Waals surface area (Å²) in [5, 5.41) is 0. The molecule has 8 nitrogen and oxygen atoms in total. The molecule has 2 aromatic carbocycles. The molecule has 0 bridgehead atoms. The third-order valence-electron chi connectivity index (χ3n) is 5.67. The number of urea groups is 1. The summed E-state index contributed by atoms with van der Waals surface area (Å²) >= 11 is 0.